The van der Waals surface area contributed by atoms with Crippen molar-refractivity contribution in [3.63, 3.8) is 0 Å². The van der Waals surface area contributed by atoms with Gasteiger partial charge in [0, 0.05) is 5.69 Å². The summed E-state index contributed by atoms with van der Waals surface area (Å²) in [4.78, 5) is 3.89. The number of fused-ring (bicyclic) bond motifs is 1. The normalized spacial score (nSPS) is 14.1. The van der Waals surface area contributed by atoms with Gasteiger partial charge in [0.15, 0.2) is 0 Å². The van der Waals surface area contributed by atoms with Crippen LogP contribution < -0.4 is 5.32 Å². The molecule has 0 unspecified atom stereocenters. The van der Waals surface area contributed by atoms with Gasteiger partial charge in [0.1, 0.15) is 11.0 Å². The highest BCUT2D eigenvalue weighted by Crippen LogP contribution is 2.33. The molecule has 0 aliphatic heterocycles. The van der Waals surface area contributed by atoms with Crippen molar-refractivity contribution in [2.45, 2.75) is 25.4 Å². The monoisotopic (exact) mass is 312 g/mol. The number of benzene rings is 1. The minimum absolute atomic E-state index is 0.0905. The summed E-state index contributed by atoms with van der Waals surface area (Å²) in [6.07, 6.45) is -1.27. The van der Waals surface area contributed by atoms with E-state index >= 15 is 0 Å². The number of anilines is 2. The fourth-order valence-electron chi connectivity index (χ4n) is 2.52. The lowest BCUT2D eigenvalue weighted by Gasteiger charge is -2.11. The molecule has 0 bridgehead atoms. The molecular weight excluding hydrogens is 301 g/mol. The number of nitrogens with one attached hydrogen (secondary N) is 1. The Morgan fingerprint density at radius 3 is 2.57 bits per heavy atom. The van der Waals surface area contributed by atoms with E-state index in [4.69, 9.17) is 11.6 Å². The van der Waals surface area contributed by atoms with E-state index in [9.17, 15) is 13.2 Å². The summed E-state index contributed by atoms with van der Waals surface area (Å²) in [5.41, 5.74) is 2.44. The number of halogens is 4. The first kappa shape index (κ1) is 14.2. The minimum atomic E-state index is -4.44. The standard InChI is InChI=1S/C15H12ClF3N2/c16-13-7-11(15(17,18)19)8-14(21-13)20-12-5-4-9-2-1-3-10(9)6-12/h4-8H,1-3H2,(H,20,21). The minimum Gasteiger partial charge on any atom is -0.340 e. The van der Waals surface area contributed by atoms with Crippen LogP contribution in [0.25, 0.3) is 0 Å². The van der Waals surface area contributed by atoms with Crippen molar-refractivity contribution < 1.29 is 13.2 Å². The smallest absolute Gasteiger partial charge is 0.340 e. The Morgan fingerprint density at radius 1 is 1.05 bits per heavy atom. The fourth-order valence-corrected chi connectivity index (χ4v) is 2.73. The van der Waals surface area contributed by atoms with E-state index in [0.29, 0.717) is 0 Å². The Labute approximate surface area is 125 Å². The van der Waals surface area contributed by atoms with Crippen LogP contribution in [-0.2, 0) is 19.0 Å². The molecule has 0 saturated heterocycles. The second-order valence-corrected chi connectivity index (χ2v) is 5.41. The predicted molar refractivity (Wildman–Crippen MR) is 76.0 cm³/mol. The van der Waals surface area contributed by atoms with Crippen LogP contribution in [0, 0.1) is 0 Å². The van der Waals surface area contributed by atoms with Gasteiger partial charge in [-0.2, -0.15) is 13.2 Å². The molecule has 0 spiro atoms. The molecule has 1 N–H and O–H groups in total. The molecule has 1 aromatic carbocycles. The van der Waals surface area contributed by atoms with E-state index in [-0.39, 0.29) is 11.0 Å². The quantitative estimate of drug-likeness (QED) is 0.791. The largest absolute Gasteiger partial charge is 0.416 e. The van der Waals surface area contributed by atoms with Gasteiger partial charge < -0.3 is 5.32 Å². The molecule has 3 rings (SSSR count). The zero-order valence-electron chi connectivity index (χ0n) is 11.0. The fraction of sp³-hybridized carbons (Fsp3) is 0.267. The maximum atomic E-state index is 12.8. The van der Waals surface area contributed by atoms with E-state index < -0.39 is 11.7 Å². The predicted octanol–water partition coefficient (Wildman–Crippen LogP) is 4.99. The van der Waals surface area contributed by atoms with Crippen LogP contribution in [-0.4, -0.2) is 4.98 Å². The molecule has 6 heteroatoms. The molecule has 110 valence electrons. The van der Waals surface area contributed by atoms with Crippen molar-refractivity contribution in [2.75, 3.05) is 5.32 Å². The second-order valence-electron chi connectivity index (χ2n) is 5.02. The maximum absolute atomic E-state index is 12.8. The zero-order valence-corrected chi connectivity index (χ0v) is 11.7. The van der Waals surface area contributed by atoms with Crippen molar-refractivity contribution in [3.8, 4) is 0 Å². The number of pyridine rings is 1. The van der Waals surface area contributed by atoms with Gasteiger partial charge in [0.25, 0.3) is 0 Å². The third-order valence-corrected chi connectivity index (χ3v) is 3.69. The third kappa shape index (κ3) is 3.13. The van der Waals surface area contributed by atoms with Gasteiger partial charge in [-0.1, -0.05) is 17.7 Å². The van der Waals surface area contributed by atoms with Crippen LogP contribution >= 0.6 is 11.6 Å². The van der Waals surface area contributed by atoms with Gasteiger partial charge in [-0.15, -0.1) is 0 Å². The summed E-state index contributed by atoms with van der Waals surface area (Å²) in [6.45, 7) is 0. The molecule has 0 atom stereocenters. The summed E-state index contributed by atoms with van der Waals surface area (Å²) in [6, 6.07) is 7.58. The molecule has 1 aliphatic rings. The number of rotatable bonds is 2. The van der Waals surface area contributed by atoms with Gasteiger partial charge in [0.05, 0.1) is 5.56 Å². The first-order chi connectivity index (χ1) is 9.91. The Bertz CT molecular complexity index is 683. The third-order valence-electron chi connectivity index (χ3n) is 3.49. The van der Waals surface area contributed by atoms with Crippen LogP contribution in [0.4, 0.5) is 24.7 Å². The Balaban J connectivity index is 1.89. The first-order valence-electron chi connectivity index (χ1n) is 6.55. The molecule has 21 heavy (non-hydrogen) atoms. The molecule has 1 heterocycles. The highest BCUT2D eigenvalue weighted by atomic mass is 35.5. The lowest BCUT2D eigenvalue weighted by Crippen LogP contribution is -2.06. The molecule has 0 amide bonds. The number of nitrogens with zero attached hydrogens (tertiary/aromatic N) is 1. The Hall–Kier alpha value is -1.75. The van der Waals surface area contributed by atoms with Crippen molar-refractivity contribution in [1.29, 1.82) is 0 Å². The van der Waals surface area contributed by atoms with Gasteiger partial charge in [-0.3, -0.25) is 0 Å². The summed E-state index contributed by atoms with van der Waals surface area (Å²) in [5, 5.41) is 2.70. The maximum Gasteiger partial charge on any atom is 0.416 e. The number of hydrogen-bond acceptors (Lipinski definition) is 2. The van der Waals surface area contributed by atoms with Crippen LogP contribution in [0.2, 0.25) is 5.15 Å². The molecule has 2 nitrogen and oxygen atoms in total. The number of hydrogen-bond donors (Lipinski definition) is 1. The molecule has 1 aliphatic carbocycles. The Morgan fingerprint density at radius 2 is 1.81 bits per heavy atom. The lowest BCUT2D eigenvalue weighted by atomic mass is 10.1. The molecule has 0 fully saturated rings. The van der Waals surface area contributed by atoms with Gasteiger partial charge in [0.2, 0.25) is 0 Å². The molecule has 0 saturated carbocycles. The van der Waals surface area contributed by atoms with Crippen molar-refractivity contribution in [1.82, 2.24) is 4.98 Å². The van der Waals surface area contributed by atoms with E-state index in [2.05, 4.69) is 10.3 Å². The van der Waals surface area contributed by atoms with E-state index in [1.54, 1.807) is 0 Å². The van der Waals surface area contributed by atoms with E-state index in [1.807, 2.05) is 18.2 Å². The highest BCUT2D eigenvalue weighted by molar-refractivity contribution is 6.29. The van der Waals surface area contributed by atoms with Gasteiger partial charge in [-0.25, -0.2) is 4.98 Å². The molecule has 1 aromatic heterocycles. The number of aryl methyl sites for hydroxylation is 2. The van der Waals surface area contributed by atoms with Crippen LogP contribution in [0.1, 0.15) is 23.1 Å². The average molecular weight is 313 g/mol. The van der Waals surface area contributed by atoms with Crippen LogP contribution in [0.3, 0.4) is 0 Å². The second kappa shape index (κ2) is 5.22. The number of aromatic nitrogens is 1. The SMILES string of the molecule is FC(F)(F)c1cc(Cl)nc(Nc2ccc3c(c2)CCC3)c1. The van der Waals surface area contributed by atoms with Crippen molar-refractivity contribution in [3.05, 3.63) is 52.2 Å². The highest BCUT2D eigenvalue weighted by Gasteiger charge is 2.31. The lowest BCUT2D eigenvalue weighted by molar-refractivity contribution is -0.137. The van der Waals surface area contributed by atoms with Crippen LogP contribution in [0.15, 0.2) is 30.3 Å². The molecule has 0 radical (unpaired) electrons. The summed E-state index contributed by atoms with van der Waals surface area (Å²) >= 11 is 5.66. The van der Waals surface area contributed by atoms with Crippen molar-refractivity contribution >= 4 is 23.1 Å². The summed E-state index contributed by atoms with van der Waals surface area (Å²) < 4.78 is 38.3. The van der Waals surface area contributed by atoms with E-state index in [0.717, 1.165) is 37.1 Å². The van der Waals surface area contributed by atoms with Gasteiger partial charge in [-0.05, 0) is 54.7 Å². The van der Waals surface area contributed by atoms with Crippen molar-refractivity contribution in [2.24, 2.45) is 0 Å². The Kier molecular flexibility index (Phi) is 3.53. The zero-order chi connectivity index (χ0) is 15.0. The van der Waals surface area contributed by atoms with Crippen LogP contribution in [0.5, 0.6) is 0 Å². The summed E-state index contributed by atoms with van der Waals surface area (Å²) in [5.74, 6) is 0.0905. The van der Waals surface area contributed by atoms with E-state index in [1.165, 1.54) is 11.1 Å². The molecule has 2 aromatic rings. The summed E-state index contributed by atoms with van der Waals surface area (Å²) in [7, 11) is 0. The number of alkyl halides is 3. The van der Waals surface area contributed by atoms with Gasteiger partial charge >= 0.3 is 6.18 Å². The average Bonchev–Trinajstić information content (AvgIpc) is 2.84. The first-order valence-corrected chi connectivity index (χ1v) is 6.93. The molecular formula is C15H12ClF3N2. The topological polar surface area (TPSA) is 24.9 Å².